The monoisotopic (exact) mass is 158 g/mol. The first-order valence-corrected chi connectivity index (χ1v) is 3.72. The summed E-state index contributed by atoms with van der Waals surface area (Å²) in [6, 6.07) is 0.192. The highest BCUT2D eigenvalue weighted by molar-refractivity contribution is 7.47. The molecule has 0 aliphatic carbocycles. The van der Waals surface area contributed by atoms with Gasteiger partial charge in [-0.05, 0) is 12.8 Å². The molecule has 0 spiro atoms. The van der Waals surface area contributed by atoms with E-state index in [-0.39, 0.29) is 6.04 Å². The molecule has 0 fully saturated rings. The second-order valence-corrected chi connectivity index (χ2v) is 2.85. The molecule has 0 aromatic rings. The molecule has 0 aromatic heterocycles. The van der Waals surface area contributed by atoms with E-state index in [1.54, 1.807) is 0 Å². The Kier molecular flexibility index (Phi) is 4.19. The van der Waals surface area contributed by atoms with Gasteiger partial charge in [-0.3, -0.25) is 5.43 Å². The Morgan fingerprint density at radius 2 is 2.00 bits per heavy atom. The van der Waals surface area contributed by atoms with E-state index in [0.717, 1.165) is 5.57 Å². The zero-order chi connectivity index (χ0) is 8.15. The third-order valence-corrected chi connectivity index (χ3v) is 1.65. The minimum Gasteiger partial charge on any atom is -0.292 e. The molecule has 10 heavy (non-hydrogen) atoms. The zero-order valence-corrected chi connectivity index (χ0v) is 7.53. The van der Waals surface area contributed by atoms with Gasteiger partial charge in [0.1, 0.15) is 0 Å². The van der Waals surface area contributed by atoms with Crippen LogP contribution in [0, 0.1) is 5.92 Å². The van der Waals surface area contributed by atoms with Crippen molar-refractivity contribution in [3.05, 3.63) is 12.2 Å². The quantitative estimate of drug-likeness (QED) is 0.498. The highest BCUT2D eigenvalue weighted by Gasteiger charge is 2.07. The lowest BCUT2D eigenvalue weighted by Crippen LogP contribution is -2.24. The second-order valence-electron chi connectivity index (χ2n) is 2.67. The lowest BCUT2D eigenvalue weighted by atomic mass is 9.99. The van der Waals surface area contributed by atoms with Crippen LogP contribution in [-0.2, 0) is 12.4 Å². The molecule has 0 saturated carbocycles. The van der Waals surface area contributed by atoms with Gasteiger partial charge < -0.3 is 0 Å². The fraction of sp³-hybridized carbons (Fsp3) is 0.714. The van der Waals surface area contributed by atoms with Gasteiger partial charge >= 0.3 is 0 Å². The summed E-state index contributed by atoms with van der Waals surface area (Å²) in [4.78, 5) is 0. The molecular formula is C7H14N2S. The maximum absolute atomic E-state index is 4.41. The Morgan fingerprint density at radius 1 is 1.50 bits per heavy atom. The predicted octanol–water partition coefficient (Wildman–Crippen LogP) is 1.82. The first-order chi connectivity index (χ1) is 4.59. The van der Waals surface area contributed by atoms with E-state index in [4.69, 9.17) is 0 Å². The Morgan fingerprint density at radius 3 is 2.30 bits per heavy atom. The number of rotatable bonds is 4. The van der Waals surface area contributed by atoms with Gasteiger partial charge in [0.25, 0.3) is 0 Å². The first kappa shape index (κ1) is 9.56. The van der Waals surface area contributed by atoms with E-state index in [9.17, 15) is 0 Å². The van der Waals surface area contributed by atoms with Crippen molar-refractivity contribution in [3.63, 3.8) is 0 Å². The second kappa shape index (κ2) is 4.39. The summed E-state index contributed by atoms with van der Waals surface area (Å²) in [5.74, 6) is 0.485. The summed E-state index contributed by atoms with van der Waals surface area (Å²) in [7, 11) is 0. The molecule has 0 aliphatic heterocycles. The minimum absolute atomic E-state index is 0.192. The lowest BCUT2D eigenvalue weighted by molar-refractivity contribution is 0.583. The van der Waals surface area contributed by atoms with E-state index < -0.39 is 0 Å². The van der Waals surface area contributed by atoms with Crippen LogP contribution in [0.5, 0.6) is 0 Å². The Bertz CT molecular complexity index is 132. The van der Waals surface area contributed by atoms with Crippen LogP contribution in [0.4, 0.5) is 0 Å². The molecule has 0 heterocycles. The van der Waals surface area contributed by atoms with Crippen molar-refractivity contribution in [1.82, 2.24) is 5.43 Å². The predicted molar refractivity (Wildman–Crippen MR) is 46.4 cm³/mol. The van der Waals surface area contributed by atoms with Gasteiger partial charge in [-0.25, -0.2) is 0 Å². The average molecular weight is 158 g/mol. The van der Waals surface area contributed by atoms with Crippen molar-refractivity contribution in [2.45, 2.75) is 26.8 Å². The standard InChI is InChI=1S/C7H14N2S/c1-5(2)6(3)7(4)8-9-10/h5,7H,3H2,1-2,4H3,(H,8,10)/t7-/m0/s1. The molecule has 0 aliphatic rings. The summed E-state index contributed by atoms with van der Waals surface area (Å²) in [6.45, 7) is 10.1. The Hall–Kier alpha value is -0.440. The van der Waals surface area contributed by atoms with Gasteiger partial charge in [0.2, 0.25) is 0 Å². The molecule has 0 saturated heterocycles. The van der Waals surface area contributed by atoms with Crippen LogP contribution in [0.15, 0.2) is 16.6 Å². The van der Waals surface area contributed by atoms with Crippen molar-refractivity contribution < 1.29 is 0 Å². The number of hydrogen-bond acceptors (Lipinski definition) is 2. The fourth-order valence-corrected chi connectivity index (χ4v) is 0.820. The Balaban J connectivity index is 3.81. The average Bonchev–Trinajstić information content (AvgIpc) is 1.87. The van der Waals surface area contributed by atoms with E-state index in [2.05, 4.69) is 42.7 Å². The molecule has 0 unspecified atom stereocenters. The maximum atomic E-state index is 4.41. The molecule has 1 atom stereocenters. The molecule has 1 N–H and O–H groups in total. The van der Waals surface area contributed by atoms with Gasteiger partial charge in [0, 0.05) is 0 Å². The van der Waals surface area contributed by atoms with Crippen LogP contribution in [-0.4, -0.2) is 6.04 Å². The lowest BCUT2D eigenvalue weighted by Gasteiger charge is -2.15. The van der Waals surface area contributed by atoms with E-state index in [0.29, 0.717) is 5.92 Å². The normalized spacial score (nSPS) is 12.8. The first-order valence-electron chi connectivity index (χ1n) is 3.36. The summed E-state index contributed by atoms with van der Waals surface area (Å²) in [5, 5.41) is 0. The molecule has 0 radical (unpaired) electrons. The van der Waals surface area contributed by atoms with Crippen LogP contribution in [0.2, 0.25) is 0 Å². The topological polar surface area (TPSA) is 24.4 Å². The fourth-order valence-electron chi connectivity index (χ4n) is 0.662. The van der Waals surface area contributed by atoms with E-state index in [1.165, 1.54) is 0 Å². The summed E-state index contributed by atoms with van der Waals surface area (Å²) in [5.41, 5.74) is 3.90. The molecule has 58 valence electrons. The Labute approximate surface area is 67.9 Å². The van der Waals surface area contributed by atoms with E-state index >= 15 is 0 Å². The smallest absolute Gasteiger partial charge is 0.0631 e. The molecule has 0 rings (SSSR count). The SMILES string of the molecule is C=C(C(C)C)[C@H](C)NN=S. The van der Waals surface area contributed by atoms with Gasteiger partial charge in [0.15, 0.2) is 0 Å². The summed E-state index contributed by atoms with van der Waals surface area (Å²) >= 11 is 4.41. The molecule has 3 heteroatoms. The van der Waals surface area contributed by atoms with Gasteiger partial charge in [0.05, 0.1) is 18.5 Å². The van der Waals surface area contributed by atoms with Crippen molar-refractivity contribution in [1.29, 1.82) is 0 Å². The molecule has 0 bridgehead atoms. The van der Waals surface area contributed by atoms with Crippen LogP contribution in [0.3, 0.4) is 0 Å². The third-order valence-electron chi connectivity index (χ3n) is 1.54. The van der Waals surface area contributed by atoms with Gasteiger partial charge in [-0.1, -0.05) is 26.0 Å². The van der Waals surface area contributed by atoms with Crippen molar-refractivity contribution >= 4 is 12.4 Å². The number of hydrogen-bond donors (Lipinski definition) is 1. The molecule has 0 amide bonds. The molecule has 0 aromatic carbocycles. The van der Waals surface area contributed by atoms with E-state index in [1.807, 2.05) is 6.92 Å². The van der Waals surface area contributed by atoms with Crippen LogP contribution in [0.25, 0.3) is 0 Å². The number of nitrogens with zero attached hydrogens (tertiary/aromatic N) is 1. The highest BCUT2D eigenvalue weighted by Crippen LogP contribution is 2.10. The highest BCUT2D eigenvalue weighted by atomic mass is 32.1. The molecule has 2 nitrogen and oxygen atoms in total. The summed E-state index contributed by atoms with van der Waals surface area (Å²) in [6.07, 6.45) is 0. The van der Waals surface area contributed by atoms with Gasteiger partial charge in [-0.2, -0.15) is 0 Å². The maximum Gasteiger partial charge on any atom is 0.0631 e. The largest absolute Gasteiger partial charge is 0.292 e. The van der Waals surface area contributed by atoms with Crippen molar-refractivity contribution in [3.8, 4) is 0 Å². The van der Waals surface area contributed by atoms with Crippen LogP contribution in [0.1, 0.15) is 20.8 Å². The van der Waals surface area contributed by atoms with Crippen LogP contribution < -0.4 is 5.43 Å². The van der Waals surface area contributed by atoms with Crippen molar-refractivity contribution in [2.24, 2.45) is 10.4 Å². The minimum atomic E-state index is 0.192. The number of nitrogens with one attached hydrogen (secondary N) is 1. The van der Waals surface area contributed by atoms with Crippen LogP contribution >= 0.6 is 0 Å². The van der Waals surface area contributed by atoms with Crippen molar-refractivity contribution in [2.75, 3.05) is 0 Å². The third kappa shape index (κ3) is 2.92. The molecular weight excluding hydrogens is 144 g/mol. The summed E-state index contributed by atoms with van der Waals surface area (Å²) < 4.78 is 3.41. The zero-order valence-electron chi connectivity index (χ0n) is 6.72. The van der Waals surface area contributed by atoms with Gasteiger partial charge in [-0.15, -0.1) is 4.47 Å².